The van der Waals surface area contributed by atoms with Gasteiger partial charge in [-0.25, -0.2) is 0 Å². The van der Waals surface area contributed by atoms with E-state index in [1.54, 1.807) is 6.26 Å². The number of ether oxygens (including phenoxy) is 1. The van der Waals surface area contributed by atoms with Crippen molar-refractivity contribution in [1.82, 2.24) is 4.90 Å². The molecule has 0 saturated carbocycles. The standard InChI is InChI=1S/C14H23NO3/c1-2-12(16)9-15(10-13-5-3-7-17-13)11-14-6-4-8-18-14/h3,5,7,12,14,16H,2,4,6,8-11H2,1H3. The average molecular weight is 253 g/mol. The second-order valence-electron chi connectivity index (χ2n) is 4.97. The number of hydrogen-bond acceptors (Lipinski definition) is 4. The van der Waals surface area contributed by atoms with Gasteiger partial charge in [0.25, 0.3) is 0 Å². The third kappa shape index (κ3) is 4.12. The monoisotopic (exact) mass is 253 g/mol. The Hall–Kier alpha value is -0.840. The van der Waals surface area contributed by atoms with Crippen LogP contribution in [0.5, 0.6) is 0 Å². The van der Waals surface area contributed by atoms with Crippen molar-refractivity contribution in [2.45, 2.75) is 44.9 Å². The van der Waals surface area contributed by atoms with Gasteiger partial charge in [-0.2, -0.15) is 0 Å². The molecule has 2 rings (SSSR count). The molecule has 0 radical (unpaired) electrons. The van der Waals surface area contributed by atoms with Crippen LogP contribution in [0, 0.1) is 0 Å². The van der Waals surface area contributed by atoms with Crippen LogP contribution in [0.3, 0.4) is 0 Å². The highest BCUT2D eigenvalue weighted by Crippen LogP contribution is 2.15. The quantitative estimate of drug-likeness (QED) is 0.807. The van der Waals surface area contributed by atoms with Gasteiger partial charge in [0.1, 0.15) is 5.76 Å². The van der Waals surface area contributed by atoms with E-state index in [9.17, 15) is 5.11 Å². The van der Waals surface area contributed by atoms with Gasteiger partial charge in [-0.15, -0.1) is 0 Å². The van der Waals surface area contributed by atoms with Crippen LogP contribution in [0.4, 0.5) is 0 Å². The Morgan fingerprint density at radius 2 is 2.44 bits per heavy atom. The topological polar surface area (TPSA) is 45.8 Å². The smallest absolute Gasteiger partial charge is 0.117 e. The summed E-state index contributed by atoms with van der Waals surface area (Å²) in [5.41, 5.74) is 0. The first-order valence-corrected chi connectivity index (χ1v) is 6.82. The van der Waals surface area contributed by atoms with E-state index < -0.39 is 0 Å². The summed E-state index contributed by atoms with van der Waals surface area (Å²) in [6, 6.07) is 3.87. The zero-order valence-electron chi connectivity index (χ0n) is 11.0. The van der Waals surface area contributed by atoms with E-state index in [0.717, 1.165) is 44.7 Å². The first kappa shape index (κ1) is 13.6. The van der Waals surface area contributed by atoms with Crippen molar-refractivity contribution >= 4 is 0 Å². The van der Waals surface area contributed by atoms with Gasteiger partial charge in [0, 0.05) is 19.7 Å². The molecule has 0 spiro atoms. The number of rotatable bonds is 7. The van der Waals surface area contributed by atoms with Crippen molar-refractivity contribution in [3.63, 3.8) is 0 Å². The SMILES string of the molecule is CCC(O)CN(Cc1ccco1)CC1CCCO1. The van der Waals surface area contributed by atoms with Gasteiger partial charge in [0.05, 0.1) is 25.0 Å². The minimum absolute atomic E-state index is 0.277. The first-order valence-electron chi connectivity index (χ1n) is 6.82. The van der Waals surface area contributed by atoms with Gasteiger partial charge in [-0.3, -0.25) is 4.90 Å². The molecule has 1 aliphatic heterocycles. The lowest BCUT2D eigenvalue weighted by molar-refractivity contribution is 0.0428. The van der Waals surface area contributed by atoms with Crippen molar-refractivity contribution in [1.29, 1.82) is 0 Å². The number of hydrogen-bond donors (Lipinski definition) is 1. The predicted molar refractivity (Wildman–Crippen MR) is 69.3 cm³/mol. The Kier molecular flexibility index (Phi) is 5.23. The summed E-state index contributed by atoms with van der Waals surface area (Å²) in [6.45, 7) is 5.16. The van der Waals surface area contributed by atoms with Gasteiger partial charge in [-0.1, -0.05) is 6.92 Å². The number of nitrogens with zero attached hydrogens (tertiary/aromatic N) is 1. The van der Waals surface area contributed by atoms with Gasteiger partial charge < -0.3 is 14.3 Å². The van der Waals surface area contributed by atoms with Crippen molar-refractivity contribution in [3.05, 3.63) is 24.2 Å². The molecule has 1 fully saturated rings. The first-order chi connectivity index (χ1) is 8.78. The maximum atomic E-state index is 9.82. The Morgan fingerprint density at radius 3 is 3.06 bits per heavy atom. The van der Waals surface area contributed by atoms with Crippen LogP contribution in [-0.2, 0) is 11.3 Å². The Balaban J connectivity index is 1.88. The van der Waals surface area contributed by atoms with Crippen molar-refractivity contribution in [3.8, 4) is 0 Å². The second kappa shape index (κ2) is 6.92. The minimum atomic E-state index is -0.277. The Morgan fingerprint density at radius 1 is 1.56 bits per heavy atom. The van der Waals surface area contributed by atoms with Gasteiger partial charge >= 0.3 is 0 Å². The molecule has 1 aromatic rings. The molecule has 0 bridgehead atoms. The zero-order valence-corrected chi connectivity index (χ0v) is 11.0. The summed E-state index contributed by atoms with van der Waals surface area (Å²) in [6.07, 6.45) is 4.77. The molecule has 1 aromatic heterocycles. The maximum absolute atomic E-state index is 9.82. The Labute approximate surface area is 109 Å². The lowest BCUT2D eigenvalue weighted by Gasteiger charge is -2.26. The second-order valence-corrected chi connectivity index (χ2v) is 4.97. The Bertz CT molecular complexity index is 320. The molecule has 1 saturated heterocycles. The van der Waals surface area contributed by atoms with Gasteiger partial charge in [0.2, 0.25) is 0 Å². The van der Waals surface area contributed by atoms with E-state index in [2.05, 4.69) is 4.90 Å². The molecule has 0 aliphatic carbocycles. The summed E-state index contributed by atoms with van der Waals surface area (Å²) in [5.74, 6) is 0.941. The molecule has 1 aliphatic rings. The number of aliphatic hydroxyl groups is 1. The minimum Gasteiger partial charge on any atom is -0.468 e. The highest BCUT2D eigenvalue weighted by atomic mass is 16.5. The van der Waals surface area contributed by atoms with Crippen LogP contribution >= 0.6 is 0 Å². The molecule has 102 valence electrons. The molecule has 2 heterocycles. The molecular formula is C14H23NO3. The molecule has 4 nitrogen and oxygen atoms in total. The third-order valence-corrected chi connectivity index (χ3v) is 3.39. The zero-order chi connectivity index (χ0) is 12.8. The fourth-order valence-electron chi connectivity index (χ4n) is 2.33. The maximum Gasteiger partial charge on any atom is 0.117 e. The molecular weight excluding hydrogens is 230 g/mol. The van der Waals surface area contributed by atoms with Crippen LogP contribution in [0.1, 0.15) is 31.9 Å². The highest BCUT2D eigenvalue weighted by Gasteiger charge is 2.21. The molecule has 18 heavy (non-hydrogen) atoms. The van der Waals surface area contributed by atoms with E-state index in [1.807, 2.05) is 19.1 Å². The van der Waals surface area contributed by atoms with Crippen molar-refractivity contribution in [2.75, 3.05) is 19.7 Å². The van der Waals surface area contributed by atoms with Crippen LogP contribution < -0.4 is 0 Å². The molecule has 2 unspecified atom stereocenters. The third-order valence-electron chi connectivity index (χ3n) is 3.39. The average Bonchev–Trinajstić information content (AvgIpc) is 3.02. The summed E-state index contributed by atoms with van der Waals surface area (Å²) >= 11 is 0. The number of furan rings is 1. The summed E-state index contributed by atoms with van der Waals surface area (Å²) < 4.78 is 11.0. The van der Waals surface area contributed by atoms with E-state index in [4.69, 9.17) is 9.15 Å². The van der Waals surface area contributed by atoms with Gasteiger partial charge in [0.15, 0.2) is 0 Å². The van der Waals surface area contributed by atoms with Crippen molar-refractivity contribution < 1.29 is 14.3 Å². The normalized spacial score (nSPS) is 21.6. The van der Waals surface area contributed by atoms with E-state index >= 15 is 0 Å². The van der Waals surface area contributed by atoms with Crippen LogP contribution in [0.2, 0.25) is 0 Å². The fourth-order valence-corrected chi connectivity index (χ4v) is 2.33. The summed E-state index contributed by atoms with van der Waals surface area (Å²) in [5, 5.41) is 9.82. The molecule has 2 atom stereocenters. The van der Waals surface area contributed by atoms with E-state index in [-0.39, 0.29) is 6.10 Å². The summed E-state index contributed by atoms with van der Waals surface area (Å²) in [7, 11) is 0. The molecule has 0 amide bonds. The van der Waals surface area contributed by atoms with E-state index in [0.29, 0.717) is 12.6 Å². The molecule has 4 heteroatoms. The van der Waals surface area contributed by atoms with E-state index in [1.165, 1.54) is 0 Å². The largest absolute Gasteiger partial charge is 0.468 e. The number of aliphatic hydroxyl groups excluding tert-OH is 1. The lowest BCUT2D eigenvalue weighted by Crippen LogP contribution is -2.37. The van der Waals surface area contributed by atoms with Crippen LogP contribution in [0.25, 0.3) is 0 Å². The summed E-state index contributed by atoms with van der Waals surface area (Å²) in [4.78, 5) is 2.23. The fraction of sp³-hybridized carbons (Fsp3) is 0.714. The van der Waals surface area contributed by atoms with Gasteiger partial charge in [-0.05, 0) is 31.4 Å². The van der Waals surface area contributed by atoms with Crippen molar-refractivity contribution in [2.24, 2.45) is 0 Å². The lowest BCUT2D eigenvalue weighted by atomic mass is 10.2. The van der Waals surface area contributed by atoms with Crippen LogP contribution in [-0.4, -0.2) is 41.9 Å². The molecule has 1 N–H and O–H groups in total. The highest BCUT2D eigenvalue weighted by molar-refractivity contribution is 4.98. The van der Waals surface area contributed by atoms with Crippen LogP contribution in [0.15, 0.2) is 22.8 Å². The predicted octanol–water partition coefficient (Wildman–Crippen LogP) is 2.03. The molecule has 0 aromatic carbocycles.